The molecule has 7 nitrogen and oxygen atoms in total. The number of nitrogens with zero attached hydrogens (tertiary/aromatic N) is 2. The molecule has 33 heavy (non-hydrogen) atoms. The van der Waals surface area contributed by atoms with E-state index in [2.05, 4.69) is 15.6 Å². The number of anilines is 4. The number of aryl methyl sites for hydroxylation is 1. The highest BCUT2D eigenvalue weighted by atomic mass is 19.1. The molecule has 2 N–H and O–H groups in total. The van der Waals surface area contributed by atoms with Gasteiger partial charge in [0.2, 0.25) is 5.91 Å². The first-order valence-electron chi connectivity index (χ1n) is 10.1. The molecule has 0 radical (unpaired) electrons. The van der Waals surface area contributed by atoms with E-state index in [4.69, 9.17) is 9.47 Å². The van der Waals surface area contributed by atoms with Gasteiger partial charge in [-0.2, -0.15) is 0 Å². The van der Waals surface area contributed by atoms with Crippen molar-refractivity contribution in [1.82, 2.24) is 4.98 Å². The van der Waals surface area contributed by atoms with Gasteiger partial charge in [-0.15, -0.1) is 0 Å². The van der Waals surface area contributed by atoms with Crippen molar-refractivity contribution in [2.45, 2.75) is 20.4 Å². The van der Waals surface area contributed by atoms with Crippen LogP contribution in [0.1, 0.15) is 18.1 Å². The van der Waals surface area contributed by atoms with E-state index in [1.54, 1.807) is 36.3 Å². The van der Waals surface area contributed by atoms with Crippen molar-refractivity contribution in [2.24, 2.45) is 0 Å². The Morgan fingerprint density at radius 2 is 1.76 bits per heavy atom. The average molecular weight is 456 g/mol. The molecule has 0 fully saturated rings. The number of nitrogens with one attached hydrogen (secondary N) is 2. The highest BCUT2D eigenvalue weighted by Gasteiger charge is 2.21. The number of ether oxygens (including phenoxy) is 2. The lowest BCUT2D eigenvalue weighted by Crippen LogP contribution is -2.19. The first kappa shape index (κ1) is 23.8. The summed E-state index contributed by atoms with van der Waals surface area (Å²) < 4.78 is 39.4. The largest absolute Gasteiger partial charge is 0.494 e. The van der Waals surface area contributed by atoms with Crippen molar-refractivity contribution in [3.8, 4) is 11.5 Å². The first-order chi connectivity index (χ1) is 15.7. The van der Waals surface area contributed by atoms with Crippen LogP contribution in [-0.2, 0) is 11.3 Å². The van der Waals surface area contributed by atoms with Gasteiger partial charge in [0.1, 0.15) is 5.82 Å². The molecule has 1 heterocycles. The summed E-state index contributed by atoms with van der Waals surface area (Å²) in [7, 11) is 4.32. The molecule has 1 aromatic heterocycles. The molecule has 0 aliphatic carbocycles. The molecule has 2 aromatic carbocycles. The minimum absolute atomic E-state index is 0.0653. The second-order valence-electron chi connectivity index (χ2n) is 7.45. The van der Waals surface area contributed by atoms with E-state index < -0.39 is 11.6 Å². The number of carbonyl (C=O) groups is 1. The number of halogens is 2. The maximum Gasteiger partial charge on any atom is 0.221 e. The van der Waals surface area contributed by atoms with Gasteiger partial charge in [0.15, 0.2) is 23.1 Å². The second-order valence-corrected chi connectivity index (χ2v) is 7.45. The Morgan fingerprint density at radius 1 is 1.09 bits per heavy atom. The summed E-state index contributed by atoms with van der Waals surface area (Å²) >= 11 is 0. The van der Waals surface area contributed by atoms with Crippen LogP contribution in [0.5, 0.6) is 11.5 Å². The second kappa shape index (κ2) is 10.2. The summed E-state index contributed by atoms with van der Waals surface area (Å²) in [6, 6.07) is 10.3. The number of aromatic nitrogens is 1. The van der Waals surface area contributed by atoms with Gasteiger partial charge in [-0.1, -0.05) is 12.1 Å². The van der Waals surface area contributed by atoms with E-state index in [1.165, 1.54) is 27.2 Å². The van der Waals surface area contributed by atoms with Crippen LogP contribution < -0.4 is 25.0 Å². The quantitative estimate of drug-likeness (QED) is 0.496. The van der Waals surface area contributed by atoms with Crippen molar-refractivity contribution in [1.29, 1.82) is 0 Å². The molecule has 1 amide bonds. The minimum atomic E-state index is -0.779. The highest BCUT2D eigenvalue weighted by Crippen LogP contribution is 2.33. The summed E-state index contributed by atoms with van der Waals surface area (Å²) in [6.45, 7) is 3.30. The number of para-hydroxylation sites is 1. The molecule has 9 heteroatoms. The molecule has 0 spiro atoms. The molecular weight excluding hydrogens is 430 g/mol. The van der Waals surface area contributed by atoms with Crippen LogP contribution in [0.25, 0.3) is 0 Å². The average Bonchev–Trinajstić information content (AvgIpc) is 2.79. The number of benzene rings is 2. The predicted octanol–water partition coefficient (Wildman–Crippen LogP) is 5.02. The lowest BCUT2D eigenvalue weighted by molar-refractivity contribution is -0.114. The summed E-state index contributed by atoms with van der Waals surface area (Å²) in [5.74, 6) is -1.38. The van der Waals surface area contributed by atoms with Gasteiger partial charge in [-0.25, -0.2) is 13.8 Å². The van der Waals surface area contributed by atoms with Crippen LogP contribution in [0.2, 0.25) is 0 Å². The summed E-state index contributed by atoms with van der Waals surface area (Å²) in [6.07, 6.45) is 1.59. The number of amides is 1. The Balaban J connectivity index is 1.82. The molecule has 0 bridgehead atoms. The number of hydrogen-bond acceptors (Lipinski definition) is 6. The Kier molecular flexibility index (Phi) is 7.32. The van der Waals surface area contributed by atoms with Gasteiger partial charge in [0, 0.05) is 26.6 Å². The van der Waals surface area contributed by atoms with Gasteiger partial charge >= 0.3 is 0 Å². The molecule has 3 aromatic rings. The zero-order chi connectivity index (χ0) is 24.1. The lowest BCUT2D eigenvalue weighted by atomic mass is 10.1. The van der Waals surface area contributed by atoms with E-state index in [0.717, 1.165) is 11.3 Å². The van der Waals surface area contributed by atoms with Gasteiger partial charge in [0.25, 0.3) is 0 Å². The van der Waals surface area contributed by atoms with E-state index in [1.807, 2.05) is 19.1 Å². The normalized spacial score (nSPS) is 10.5. The van der Waals surface area contributed by atoms with E-state index in [9.17, 15) is 13.6 Å². The van der Waals surface area contributed by atoms with Crippen LogP contribution in [0.4, 0.5) is 31.7 Å². The molecule has 0 unspecified atom stereocenters. The van der Waals surface area contributed by atoms with Crippen molar-refractivity contribution >= 4 is 28.8 Å². The van der Waals surface area contributed by atoms with E-state index in [-0.39, 0.29) is 29.5 Å². The first-order valence-corrected chi connectivity index (χ1v) is 10.1. The zero-order valence-corrected chi connectivity index (χ0v) is 19.1. The van der Waals surface area contributed by atoms with Crippen LogP contribution in [-0.4, -0.2) is 32.2 Å². The minimum Gasteiger partial charge on any atom is -0.494 e. The van der Waals surface area contributed by atoms with Crippen molar-refractivity contribution in [3.63, 3.8) is 0 Å². The molecule has 0 aliphatic rings. The SMILES string of the molecule is COc1cc(OC)c(F)c(CN(C)c2ccc(Nc3c(C)cccc3NC(C)=O)nc2)c1F. The van der Waals surface area contributed by atoms with Crippen LogP contribution in [0, 0.1) is 18.6 Å². The third-order valence-electron chi connectivity index (χ3n) is 5.09. The van der Waals surface area contributed by atoms with Gasteiger partial charge in [-0.05, 0) is 30.7 Å². The van der Waals surface area contributed by atoms with Crippen LogP contribution >= 0.6 is 0 Å². The number of carbonyl (C=O) groups excluding carboxylic acids is 1. The maximum atomic E-state index is 14.7. The standard InChI is InChI=1S/C24H26F2N4O3/c1-14-7-6-8-18(28-15(2)31)24(14)29-21-10-9-16(12-27-21)30(3)13-17-22(25)19(32-4)11-20(33-5)23(17)26/h6-12H,13H2,1-5H3,(H,27,29)(H,28,31). The maximum absolute atomic E-state index is 14.7. The van der Waals surface area contributed by atoms with Crippen LogP contribution in [0.15, 0.2) is 42.6 Å². The number of rotatable bonds is 8. The Hall–Kier alpha value is -3.88. The van der Waals surface area contributed by atoms with Gasteiger partial charge in [0.05, 0.1) is 43.0 Å². The summed E-state index contributed by atoms with van der Waals surface area (Å²) in [5.41, 5.74) is 2.78. The molecule has 0 aliphatic heterocycles. The van der Waals surface area contributed by atoms with Crippen molar-refractivity contribution in [3.05, 3.63) is 65.4 Å². The van der Waals surface area contributed by atoms with Crippen molar-refractivity contribution in [2.75, 3.05) is 36.8 Å². The number of hydrogen-bond donors (Lipinski definition) is 2. The van der Waals surface area contributed by atoms with E-state index >= 15 is 0 Å². The topological polar surface area (TPSA) is 75.7 Å². The lowest BCUT2D eigenvalue weighted by Gasteiger charge is -2.21. The van der Waals surface area contributed by atoms with Gasteiger partial charge < -0.3 is 25.0 Å². The third kappa shape index (κ3) is 5.31. The molecule has 3 rings (SSSR count). The number of methoxy groups -OCH3 is 2. The fourth-order valence-electron chi connectivity index (χ4n) is 3.35. The predicted molar refractivity (Wildman–Crippen MR) is 125 cm³/mol. The molecule has 0 saturated heterocycles. The monoisotopic (exact) mass is 456 g/mol. The van der Waals surface area contributed by atoms with Gasteiger partial charge in [-0.3, -0.25) is 4.79 Å². The third-order valence-corrected chi connectivity index (χ3v) is 5.09. The molecule has 0 saturated carbocycles. The fourth-order valence-corrected chi connectivity index (χ4v) is 3.35. The number of pyridine rings is 1. The Morgan fingerprint density at radius 3 is 2.30 bits per heavy atom. The molecule has 0 atom stereocenters. The van der Waals surface area contributed by atoms with E-state index in [0.29, 0.717) is 17.2 Å². The highest BCUT2D eigenvalue weighted by molar-refractivity contribution is 5.94. The van der Waals surface area contributed by atoms with Crippen molar-refractivity contribution < 1.29 is 23.0 Å². The Bertz CT molecular complexity index is 1130. The zero-order valence-electron chi connectivity index (χ0n) is 19.1. The molecular formula is C24H26F2N4O3. The fraction of sp³-hybridized carbons (Fsp3) is 0.250. The summed E-state index contributed by atoms with van der Waals surface area (Å²) in [4.78, 5) is 17.6. The smallest absolute Gasteiger partial charge is 0.221 e. The summed E-state index contributed by atoms with van der Waals surface area (Å²) in [5, 5.41) is 6.00. The molecule has 174 valence electrons. The Labute approximate surface area is 191 Å². The van der Waals surface area contributed by atoms with Crippen LogP contribution in [0.3, 0.4) is 0 Å².